The van der Waals surface area contributed by atoms with Crippen LogP contribution in [0.15, 0.2) is 121 Å². The summed E-state index contributed by atoms with van der Waals surface area (Å²) in [6.07, 6.45) is -3.72. The molecule has 0 aliphatic carbocycles. The molecule has 2 unspecified atom stereocenters. The Kier molecular flexibility index (Phi) is 13.1. The van der Waals surface area contributed by atoms with Gasteiger partial charge in [0.25, 0.3) is 0 Å². The molecule has 2 N–H and O–H groups in total. The van der Waals surface area contributed by atoms with E-state index in [0.29, 0.717) is 0 Å². The third-order valence-electron chi connectivity index (χ3n) is 6.91. The van der Waals surface area contributed by atoms with Crippen LogP contribution in [-0.4, -0.2) is 71.8 Å². The molecular formula is C37H35NO9S. The van der Waals surface area contributed by atoms with Gasteiger partial charge in [-0.15, -0.1) is 11.3 Å². The molecule has 5 aromatic rings. The first-order valence-electron chi connectivity index (χ1n) is 14.9. The van der Waals surface area contributed by atoms with Gasteiger partial charge in [0, 0.05) is 23.2 Å². The molecule has 0 saturated carbocycles. The number of fused-ring (bicyclic) bond motifs is 1. The largest absolute Gasteiger partial charge is 0.484 e. The number of aliphatic hydroxyl groups is 2. The molecule has 4 aromatic carbocycles. The average Bonchev–Trinajstić information content (AvgIpc) is 3.65. The van der Waals surface area contributed by atoms with Gasteiger partial charge in [0.15, 0.2) is 12.2 Å². The van der Waals surface area contributed by atoms with E-state index in [2.05, 4.69) is 88.4 Å². The predicted octanol–water partition coefficient (Wildman–Crippen LogP) is 5.45. The molecular weight excluding hydrogens is 634 g/mol. The molecule has 0 saturated heterocycles. The topological polar surface area (TPSA) is 140 Å². The number of esters is 4. The van der Waals surface area contributed by atoms with Gasteiger partial charge in [0.1, 0.15) is 11.9 Å². The van der Waals surface area contributed by atoms with Crippen molar-refractivity contribution < 1.29 is 43.6 Å². The summed E-state index contributed by atoms with van der Waals surface area (Å²) < 4.78 is 15.2. The van der Waals surface area contributed by atoms with Gasteiger partial charge >= 0.3 is 23.9 Å². The van der Waals surface area contributed by atoms with Crippen molar-refractivity contribution in [2.75, 3.05) is 20.6 Å². The van der Waals surface area contributed by atoms with E-state index < -0.39 is 36.1 Å². The Labute approximate surface area is 281 Å². The van der Waals surface area contributed by atoms with Crippen LogP contribution in [0.3, 0.4) is 0 Å². The van der Waals surface area contributed by atoms with Gasteiger partial charge in [-0.2, -0.15) is 0 Å². The smallest absolute Gasteiger partial charge is 0.346 e. The predicted molar refractivity (Wildman–Crippen MR) is 181 cm³/mol. The zero-order valence-electron chi connectivity index (χ0n) is 26.3. The number of thiophene rings is 1. The van der Waals surface area contributed by atoms with Crippen LogP contribution >= 0.6 is 11.3 Å². The fourth-order valence-corrected chi connectivity index (χ4v) is 5.18. The molecule has 5 rings (SSSR count). The first kappa shape index (κ1) is 35.7. The van der Waals surface area contributed by atoms with Gasteiger partial charge in [0.05, 0.1) is 11.1 Å². The fourth-order valence-electron chi connectivity index (χ4n) is 4.39. The highest BCUT2D eigenvalue weighted by Gasteiger charge is 2.35. The molecule has 0 bridgehead atoms. The van der Waals surface area contributed by atoms with Crippen molar-refractivity contribution in [3.8, 4) is 5.75 Å². The molecule has 11 heteroatoms. The number of carbonyl (C=O) groups excluding carboxylic acids is 4. The lowest BCUT2D eigenvalue weighted by Crippen LogP contribution is -2.43. The van der Waals surface area contributed by atoms with Crippen molar-refractivity contribution in [2.24, 2.45) is 0 Å². The third kappa shape index (κ3) is 10.1. The standard InChI is InChI=1S/C19H21NOS.C18H14O8/c1-20(2)13-12-18(19-11-6-14-22-19)21-17-10-5-8-15-7-3-4-9-16(15)17;19-13(17(23)25-15(21)11-7-3-1-4-8-11)14(20)18(24)26-16(22)12-9-5-2-6-10-12/h3-11,14,18H,12-13H2,1-2H3;1-10,13-14,19-20H/t18-;/m0./s1. The summed E-state index contributed by atoms with van der Waals surface area (Å²) in [5.41, 5.74) is 0.0637. The third-order valence-corrected chi connectivity index (χ3v) is 7.87. The zero-order chi connectivity index (χ0) is 34.5. The van der Waals surface area contributed by atoms with Crippen molar-refractivity contribution in [3.05, 3.63) is 137 Å². The number of carbonyl (C=O) groups is 4. The van der Waals surface area contributed by atoms with Gasteiger partial charge < -0.3 is 29.3 Å². The molecule has 0 radical (unpaired) electrons. The van der Waals surface area contributed by atoms with E-state index in [9.17, 15) is 29.4 Å². The maximum absolute atomic E-state index is 11.7. The molecule has 0 aliphatic rings. The number of rotatable bonds is 11. The molecule has 48 heavy (non-hydrogen) atoms. The van der Waals surface area contributed by atoms with E-state index in [0.717, 1.165) is 18.7 Å². The van der Waals surface area contributed by atoms with Crippen molar-refractivity contribution in [2.45, 2.75) is 24.7 Å². The maximum atomic E-state index is 11.7. The van der Waals surface area contributed by atoms with Crippen molar-refractivity contribution >= 4 is 46.0 Å². The van der Waals surface area contributed by atoms with Gasteiger partial charge in [-0.3, -0.25) is 0 Å². The van der Waals surface area contributed by atoms with E-state index in [1.165, 1.54) is 64.2 Å². The molecule has 0 fully saturated rings. The molecule has 1 aromatic heterocycles. The Balaban J connectivity index is 0.000000219. The van der Waals surface area contributed by atoms with Crippen LogP contribution in [-0.2, 0) is 19.1 Å². The summed E-state index contributed by atoms with van der Waals surface area (Å²) >= 11 is 1.76. The number of benzene rings is 4. The summed E-state index contributed by atoms with van der Waals surface area (Å²) in [4.78, 5) is 50.3. The summed E-state index contributed by atoms with van der Waals surface area (Å²) in [5, 5.41) is 23.8. The molecule has 0 spiro atoms. The minimum atomic E-state index is -2.40. The highest BCUT2D eigenvalue weighted by atomic mass is 32.1. The van der Waals surface area contributed by atoms with Gasteiger partial charge in [-0.05, 0) is 61.3 Å². The first-order chi connectivity index (χ1) is 23.1. The molecule has 248 valence electrons. The monoisotopic (exact) mass is 669 g/mol. The lowest BCUT2D eigenvalue weighted by molar-refractivity contribution is -0.166. The minimum absolute atomic E-state index is 0.0318. The van der Waals surface area contributed by atoms with Crippen LogP contribution in [0.1, 0.15) is 38.1 Å². The van der Waals surface area contributed by atoms with Crippen LogP contribution in [0, 0.1) is 0 Å². The van der Waals surface area contributed by atoms with E-state index >= 15 is 0 Å². The zero-order valence-corrected chi connectivity index (χ0v) is 27.1. The molecule has 0 aliphatic heterocycles. The Bertz CT molecular complexity index is 1720. The normalized spacial score (nSPS) is 12.6. The van der Waals surface area contributed by atoms with Gasteiger partial charge in [0.2, 0.25) is 0 Å². The second kappa shape index (κ2) is 17.6. The van der Waals surface area contributed by atoms with Crippen LogP contribution in [0.4, 0.5) is 0 Å². The number of hydrogen-bond donors (Lipinski definition) is 2. The fraction of sp³-hybridized carbons (Fsp3) is 0.189. The van der Waals surface area contributed by atoms with Crippen LogP contribution in [0.2, 0.25) is 0 Å². The number of hydrogen-bond acceptors (Lipinski definition) is 11. The Morgan fingerprint density at radius 3 is 1.71 bits per heavy atom. The van der Waals surface area contributed by atoms with Crippen molar-refractivity contribution in [3.63, 3.8) is 0 Å². The highest BCUT2D eigenvalue weighted by Crippen LogP contribution is 2.32. The number of aliphatic hydroxyl groups excluding tert-OH is 2. The van der Waals surface area contributed by atoms with E-state index in [1.54, 1.807) is 23.5 Å². The second-order valence-electron chi connectivity index (χ2n) is 10.7. The van der Waals surface area contributed by atoms with E-state index in [1.807, 2.05) is 0 Å². The van der Waals surface area contributed by atoms with E-state index in [-0.39, 0.29) is 17.2 Å². The van der Waals surface area contributed by atoms with Gasteiger partial charge in [-0.25, -0.2) is 19.2 Å². The molecule has 0 amide bonds. The first-order valence-corrected chi connectivity index (χ1v) is 15.8. The quantitative estimate of drug-likeness (QED) is 0.138. The summed E-state index contributed by atoms with van der Waals surface area (Å²) in [5.74, 6) is -4.30. The van der Waals surface area contributed by atoms with E-state index in [4.69, 9.17) is 4.74 Å². The maximum Gasteiger partial charge on any atom is 0.346 e. The lowest BCUT2D eigenvalue weighted by Gasteiger charge is -2.21. The Morgan fingerprint density at radius 2 is 1.19 bits per heavy atom. The second-order valence-corrected chi connectivity index (χ2v) is 11.7. The number of nitrogens with zero attached hydrogens (tertiary/aromatic N) is 1. The van der Waals surface area contributed by atoms with Crippen LogP contribution in [0.5, 0.6) is 5.75 Å². The lowest BCUT2D eigenvalue weighted by atomic mass is 10.1. The average molecular weight is 670 g/mol. The molecule has 1 heterocycles. The Hall–Kier alpha value is -5.20. The molecule has 3 atom stereocenters. The minimum Gasteiger partial charge on any atom is -0.484 e. The summed E-state index contributed by atoms with van der Waals surface area (Å²) in [7, 11) is 4.20. The van der Waals surface area contributed by atoms with Crippen molar-refractivity contribution in [1.82, 2.24) is 4.90 Å². The SMILES string of the molecule is CN(C)CC[C@H](Oc1cccc2ccccc12)c1cccs1.O=C(OC(=O)C(O)C(O)C(=O)OC(=O)c1ccccc1)c1ccccc1. The van der Waals surface area contributed by atoms with Crippen molar-refractivity contribution in [1.29, 1.82) is 0 Å². The van der Waals surface area contributed by atoms with Crippen LogP contribution in [0.25, 0.3) is 10.8 Å². The summed E-state index contributed by atoms with van der Waals surface area (Å²) in [6.45, 7) is 1.01. The van der Waals surface area contributed by atoms with Crippen LogP contribution < -0.4 is 4.74 Å². The summed E-state index contributed by atoms with van der Waals surface area (Å²) in [6, 6.07) is 33.7. The number of ether oxygens (including phenoxy) is 3. The Morgan fingerprint density at radius 1 is 0.667 bits per heavy atom. The molecule has 10 nitrogen and oxygen atoms in total. The highest BCUT2D eigenvalue weighted by molar-refractivity contribution is 7.10. The van der Waals surface area contributed by atoms with Gasteiger partial charge in [-0.1, -0.05) is 78.9 Å².